The van der Waals surface area contributed by atoms with E-state index in [4.69, 9.17) is 0 Å². The van der Waals surface area contributed by atoms with Crippen LogP contribution >= 0.6 is 0 Å². The molecule has 0 bridgehead atoms. The molecule has 3 aliphatic heterocycles. The maximum Gasteiger partial charge on any atom is 0.363 e. The minimum Gasteiger partial charge on any atom is -0.365 e. The van der Waals surface area contributed by atoms with E-state index in [9.17, 15) is 19.7 Å². The smallest absolute Gasteiger partial charge is 0.363 e. The SMILES string of the molecule is O=C([C@H]1CCCN(C(=O)N2CCCC2)C1)N1CCN(c2ccc([N+](=O)[O-])nc2)CC1. The van der Waals surface area contributed by atoms with Crippen molar-refractivity contribution in [2.45, 2.75) is 25.7 Å². The first kappa shape index (κ1) is 20.4. The zero-order valence-electron chi connectivity index (χ0n) is 17.1. The molecule has 10 heteroatoms. The number of nitrogens with zero attached hydrogens (tertiary/aromatic N) is 6. The van der Waals surface area contributed by atoms with Gasteiger partial charge in [0.25, 0.3) is 0 Å². The Kier molecular flexibility index (Phi) is 6.01. The molecule has 30 heavy (non-hydrogen) atoms. The Bertz CT molecular complexity index is 787. The third-order valence-electron chi connectivity index (χ3n) is 6.29. The number of carbonyl (C=O) groups is 2. The number of anilines is 1. The normalized spacial score (nSPS) is 22.3. The summed E-state index contributed by atoms with van der Waals surface area (Å²) in [7, 11) is 0. The number of hydrogen-bond acceptors (Lipinski definition) is 6. The maximum atomic E-state index is 13.1. The highest BCUT2D eigenvalue weighted by molar-refractivity contribution is 5.81. The summed E-state index contributed by atoms with van der Waals surface area (Å²) in [6, 6.07) is 3.19. The molecule has 1 aromatic heterocycles. The molecule has 0 aliphatic carbocycles. The Hall–Kier alpha value is -2.91. The van der Waals surface area contributed by atoms with Crippen molar-refractivity contribution in [1.29, 1.82) is 0 Å². The Balaban J connectivity index is 1.30. The van der Waals surface area contributed by atoms with E-state index < -0.39 is 4.92 Å². The maximum absolute atomic E-state index is 13.1. The number of hydrogen-bond donors (Lipinski definition) is 0. The van der Waals surface area contributed by atoms with Crippen LogP contribution in [-0.2, 0) is 4.79 Å². The second-order valence-electron chi connectivity index (χ2n) is 8.21. The number of urea groups is 1. The molecule has 3 amide bonds. The van der Waals surface area contributed by atoms with E-state index >= 15 is 0 Å². The molecule has 0 saturated carbocycles. The molecule has 0 N–H and O–H groups in total. The van der Waals surface area contributed by atoms with Gasteiger partial charge in [-0.1, -0.05) is 0 Å². The minimum atomic E-state index is -0.512. The van der Waals surface area contributed by atoms with E-state index in [2.05, 4.69) is 9.88 Å². The zero-order valence-corrected chi connectivity index (χ0v) is 17.1. The lowest BCUT2D eigenvalue weighted by Gasteiger charge is -2.40. The lowest BCUT2D eigenvalue weighted by atomic mass is 9.96. The van der Waals surface area contributed by atoms with Crippen LogP contribution in [0.4, 0.5) is 16.3 Å². The molecule has 3 fully saturated rings. The lowest BCUT2D eigenvalue weighted by Crippen LogP contribution is -2.54. The van der Waals surface area contributed by atoms with Crippen LogP contribution < -0.4 is 4.90 Å². The summed E-state index contributed by atoms with van der Waals surface area (Å²) >= 11 is 0. The molecule has 10 nitrogen and oxygen atoms in total. The van der Waals surface area contributed by atoms with Gasteiger partial charge in [0.1, 0.15) is 0 Å². The van der Waals surface area contributed by atoms with Crippen LogP contribution in [0.5, 0.6) is 0 Å². The van der Waals surface area contributed by atoms with Gasteiger partial charge in [-0.2, -0.15) is 0 Å². The summed E-state index contributed by atoms with van der Waals surface area (Å²) in [6.45, 7) is 5.43. The van der Waals surface area contributed by atoms with E-state index in [1.807, 2.05) is 14.7 Å². The monoisotopic (exact) mass is 416 g/mol. The number of piperidine rings is 1. The predicted octanol–water partition coefficient (Wildman–Crippen LogP) is 1.57. The number of rotatable bonds is 3. The van der Waals surface area contributed by atoms with Gasteiger partial charge in [0, 0.05) is 58.4 Å². The van der Waals surface area contributed by atoms with Crippen LogP contribution in [0.2, 0.25) is 0 Å². The molecule has 4 heterocycles. The largest absolute Gasteiger partial charge is 0.365 e. The van der Waals surface area contributed by atoms with Crippen molar-refractivity contribution in [1.82, 2.24) is 19.7 Å². The second-order valence-corrected chi connectivity index (χ2v) is 8.21. The summed E-state index contributed by atoms with van der Waals surface area (Å²) in [4.78, 5) is 47.6. The van der Waals surface area contributed by atoms with Gasteiger partial charge in [-0.25, -0.2) is 4.79 Å². The first-order valence-electron chi connectivity index (χ1n) is 10.7. The molecule has 0 radical (unpaired) electrons. The molecule has 0 spiro atoms. The quantitative estimate of drug-likeness (QED) is 0.547. The van der Waals surface area contributed by atoms with Gasteiger partial charge in [-0.15, -0.1) is 0 Å². The first-order chi connectivity index (χ1) is 14.5. The van der Waals surface area contributed by atoms with Crippen LogP contribution in [0.25, 0.3) is 0 Å². The van der Waals surface area contributed by atoms with Crippen molar-refractivity contribution < 1.29 is 14.5 Å². The second kappa shape index (κ2) is 8.85. The average molecular weight is 416 g/mol. The molecule has 1 atom stereocenters. The van der Waals surface area contributed by atoms with Gasteiger partial charge < -0.3 is 29.7 Å². The highest BCUT2D eigenvalue weighted by atomic mass is 16.6. The molecule has 4 rings (SSSR count). The van der Waals surface area contributed by atoms with Crippen molar-refractivity contribution in [3.8, 4) is 0 Å². The van der Waals surface area contributed by atoms with E-state index in [1.165, 1.54) is 12.3 Å². The number of pyridine rings is 1. The van der Waals surface area contributed by atoms with Crippen LogP contribution in [0, 0.1) is 16.0 Å². The number of carbonyl (C=O) groups excluding carboxylic acids is 2. The Morgan fingerprint density at radius 2 is 1.63 bits per heavy atom. The fraction of sp³-hybridized carbons (Fsp3) is 0.650. The standard InChI is InChI=1S/C20H28N6O4/c27-19(16-4-3-9-25(15-16)20(28)24-7-1-2-8-24)23-12-10-22(11-13-23)17-5-6-18(21-14-17)26(29)30/h5-6,14,16H,1-4,7-13,15H2/t16-/m0/s1. The molecule has 3 aliphatic rings. The van der Waals surface area contributed by atoms with Crippen molar-refractivity contribution >= 4 is 23.4 Å². The summed E-state index contributed by atoms with van der Waals surface area (Å²) in [5.41, 5.74) is 0.827. The van der Waals surface area contributed by atoms with E-state index in [0.29, 0.717) is 32.7 Å². The molecule has 0 unspecified atom stereocenters. The first-order valence-corrected chi connectivity index (χ1v) is 10.7. The molecule has 162 valence electrons. The number of nitro groups is 1. The third kappa shape index (κ3) is 4.31. The molecule has 0 aromatic carbocycles. The molecular weight excluding hydrogens is 388 g/mol. The number of aromatic nitrogens is 1. The number of amides is 3. The van der Waals surface area contributed by atoms with Gasteiger partial charge in [0.15, 0.2) is 6.20 Å². The van der Waals surface area contributed by atoms with Gasteiger partial charge in [0.2, 0.25) is 5.91 Å². The van der Waals surface area contributed by atoms with Crippen LogP contribution in [0.3, 0.4) is 0 Å². The fourth-order valence-corrected chi connectivity index (χ4v) is 4.58. The van der Waals surface area contributed by atoms with Gasteiger partial charge in [0.05, 0.1) is 11.6 Å². The highest BCUT2D eigenvalue weighted by Crippen LogP contribution is 2.23. The number of likely N-dealkylation sites (tertiary alicyclic amines) is 2. The van der Waals surface area contributed by atoms with E-state index in [-0.39, 0.29) is 23.7 Å². The Labute approximate surface area is 175 Å². The van der Waals surface area contributed by atoms with Crippen molar-refractivity contribution in [3.63, 3.8) is 0 Å². The van der Waals surface area contributed by atoms with Gasteiger partial charge in [-0.3, -0.25) is 4.79 Å². The van der Waals surface area contributed by atoms with E-state index in [0.717, 1.165) is 51.0 Å². The van der Waals surface area contributed by atoms with Crippen molar-refractivity contribution in [3.05, 3.63) is 28.4 Å². The average Bonchev–Trinajstić information content (AvgIpc) is 3.33. The van der Waals surface area contributed by atoms with Crippen molar-refractivity contribution in [2.75, 3.05) is 57.3 Å². The minimum absolute atomic E-state index is 0.0838. The number of piperazine rings is 1. The zero-order chi connectivity index (χ0) is 21.1. The summed E-state index contributed by atoms with van der Waals surface area (Å²) in [5.74, 6) is -0.161. The van der Waals surface area contributed by atoms with Crippen LogP contribution in [0.1, 0.15) is 25.7 Å². The Morgan fingerprint density at radius 1 is 0.933 bits per heavy atom. The molecule has 3 saturated heterocycles. The topological polar surface area (TPSA) is 103 Å². The fourth-order valence-electron chi connectivity index (χ4n) is 4.58. The lowest BCUT2D eigenvalue weighted by molar-refractivity contribution is -0.389. The summed E-state index contributed by atoms with van der Waals surface area (Å²) in [5, 5.41) is 10.8. The molecule has 1 aromatic rings. The third-order valence-corrected chi connectivity index (χ3v) is 6.29. The van der Waals surface area contributed by atoms with Crippen LogP contribution in [0.15, 0.2) is 18.3 Å². The summed E-state index contributed by atoms with van der Waals surface area (Å²) < 4.78 is 0. The van der Waals surface area contributed by atoms with Gasteiger partial charge in [-0.05, 0) is 41.7 Å². The van der Waals surface area contributed by atoms with Gasteiger partial charge >= 0.3 is 11.8 Å². The molecular formula is C20H28N6O4. The summed E-state index contributed by atoms with van der Waals surface area (Å²) in [6.07, 6.45) is 5.34. The van der Waals surface area contributed by atoms with Crippen LogP contribution in [-0.4, -0.2) is 88.9 Å². The highest BCUT2D eigenvalue weighted by Gasteiger charge is 2.34. The predicted molar refractivity (Wildman–Crippen MR) is 110 cm³/mol. The van der Waals surface area contributed by atoms with E-state index in [1.54, 1.807) is 6.07 Å². The Morgan fingerprint density at radius 3 is 2.27 bits per heavy atom. The van der Waals surface area contributed by atoms with Crippen molar-refractivity contribution in [2.24, 2.45) is 5.92 Å².